The van der Waals surface area contributed by atoms with Crippen LogP contribution < -0.4 is 5.32 Å². The van der Waals surface area contributed by atoms with E-state index in [9.17, 15) is 4.79 Å². The van der Waals surface area contributed by atoms with Crippen LogP contribution in [0.15, 0.2) is 24.3 Å². The zero-order chi connectivity index (χ0) is 15.0. The predicted octanol–water partition coefficient (Wildman–Crippen LogP) is 4.58. The molecule has 0 radical (unpaired) electrons. The standard InChI is InChI=1S/C15H15Cl2NO3/c1-2-20-15(19)21-14-10-5-3-4-9(10)13-11(17)6-8(16)7-12(13)18-14/h3-4,6-7,9-10,14,18H,2,5H2,1H3. The number of fused-ring (bicyclic) bond motifs is 3. The highest BCUT2D eigenvalue weighted by Crippen LogP contribution is 2.48. The minimum absolute atomic E-state index is 0.112. The van der Waals surface area contributed by atoms with Gasteiger partial charge in [-0.25, -0.2) is 4.79 Å². The van der Waals surface area contributed by atoms with E-state index in [1.165, 1.54) is 0 Å². The second-order valence-corrected chi connectivity index (χ2v) is 5.91. The molecule has 0 amide bonds. The van der Waals surface area contributed by atoms with Gasteiger partial charge in [0.15, 0.2) is 6.23 Å². The molecule has 6 heteroatoms. The highest BCUT2D eigenvalue weighted by atomic mass is 35.5. The lowest BCUT2D eigenvalue weighted by molar-refractivity contribution is 0.0128. The van der Waals surface area contributed by atoms with Crippen molar-refractivity contribution in [3.63, 3.8) is 0 Å². The van der Waals surface area contributed by atoms with Gasteiger partial charge in [0.2, 0.25) is 0 Å². The molecule has 0 fully saturated rings. The van der Waals surface area contributed by atoms with E-state index in [-0.39, 0.29) is 18.4 Å². The van der Waals surface area contributed by atoms with Crippen molar-refractivity contribution in [1.29, 1.82) is 0 Å². The Morgan fingerprint density at radius 1 is 1.43 bits per heavy atom. The van der Waals surface area contributed by atoms with Crippen LogP contribution in [-0.4, -0.2) is 19.0 Å². The fraction of sp³-hybridized carbons (Fsp3) is 0.400. The van der Waals surface area contributed by atoms with Gasteiger partial charge in [-0.2, -0.15) is 0 Å². The molecule has 0 saturated carbocycles. The Morgan fingerprint density at radius 2 is 2.24 bits per heavy atom. The van der Waals surface area contributed by atoms with Gasteiger partial charge in [-0.1, -0.05) is 35.4 Å². The van der Waals surface area contributed by atoms with E-state index in [4.69, 9.17) is 32.7 Å². The molecule has 3 unspecified atom stereocenters. The summed E-state index contributed by atoms with van der Waals surface area (Å²) in [6.07, 6.45) is 3.88. The Labute approximate surface area is 133 Å². The fourth-order valence-corrected chi connectivity index (χ4v) is 3.59. The van der Waals surface area contributed by atoms with E-state index < -0.39 is 12.4 Å². The van der Waals surface area contributed by atoms with Crippen molar-refractivity contribution < 1.29 is 14.3 Å². The quantitative estimate of drug-likeness (QED) is 0.638. The third-order valence-electron chi connectivity index (χ3n) is 3.81. The molecule has 21 heavy (non-hydrogen) atoms. The Bertz CT molecular complexity index is 603. The molecule has 0 saturated heterocycles. The zero-order valence-electron chi connectivity index (χ0n) is 11.4. The van der Waals surface area contributed by atoms with Crippen molar-refractivity contribution in [1.82, 2.24) is 0 Å². The summed E-state index contributed by atoms with van der Waals surface area (Å²) in [4.78, 5) is 11.6. The van der Waals surface area contributed by atoms with Gasteiger partial charge < -0.3 is 14.8 Å². The molecule has 3 rings (SSSR count). The summed E-state index contributed by atoms with van der Waals surface area (Å²) in [7, 11) is 0. The molecule has 0 bridgehead atoms. The third-order valence-corrected chi connectivity index (χ3v) is 4.34. The van der Waals surface area contributed by atoms with E-state index in [1.807, 2.05) is 0 Å². The van der Waals surface area contributed by atoms with Crippen LogP contribution in [0.3, 0.4) is 0 Å². The Morgan fingerprint density at radius 3 is 3.00 bits per heavy atom. The maximum atomic E-state index is 11.6. The number of hydrogen-bond acceptors (Lipinski definition) is 4. The molecule has 1 aromatic carbocycles. The first-order valence-electron chi connectivity index (χ1n) is 6.85. The first-order valence-corrected chi connectivity index (χ1v) is 7.61. The highest BCUT2D eigenvalue weighted by molar-refractivity contribution is 6.35. The second-order valence-electron chi connectivity index (χ2n) is 5.07. The number of halogens is 2. The van der Waals surface area contributed by atoms with Crippen molar-refractivity contribution in [3.05, 3.63) is 39.9 Å². The van der Waals surface area contributed by atoms with Crippen LogP contribution in [-0.2, 0) is 9.47 Å². The molecule has 2 aliphatic rings. The molecule has 4 nitrogen and oxygen atoms in total. The highest BCUT2D eigenvalue weighted by Gasteiger charge is 2.40. The number of nitrogens with one attached hydrogen (secondary N) is 1. The van der Waals surface area contributed by atoms with Crippen LogP contribution in [0, 0.1) is 5.92 Å². The summed E-state index contributed by atoms with van der Waals surface area (Å²) < 4.78 is 10.2. The maximum Gasteiger partial charge on any atom is 0.510 e. The number of ether oxygens (including phenoxy) is 2. The van der Waals surface area contributed by atoms with Gasteiger partial charge >= 0.3 is 6.16 Å². The van der Waals surface area contributed by atoms with Gasteiger partial charge in [0.1, 0.15) is 0 Å². The smallest absolute Gasteiger partial charge is 0.435 e. The topological polar surface area (TPSA) is 47.6 Å². The number of carbonyl (C=O) groups excluding carboxylic acids is 1. The Balaban J connectivity index is 1.92. The summed E-state index contributed by atoms with van der Waals surface area (Å²) in [6, 6.07) is 3.53. The monoisotopic (exact) mass is 327 g/mol. The number of anilines is 1. The molecular weight excluding hydrogens is 313 g/mol. The lowest BCUT2D eigenvalue weighted by Crippen LogP contribution is -2.39. The number of rotatable bonds is 2. The van der Waals surface area contributed by atoms with Crippen LogP contribution in [0.25, 0.3) is 0 Å². The largest absolute Gasteiger partial charge is 0.510 e. The Kier molecular flexibility index (Phi) is 4.00. The predicted molar refractivity (Wildman–Crippen MR) is 82.0 cm³/mol. The summed E-state index contributed by atoms with van der Waals surface area (Å²) in [5.41, 5.74) is 1.80. The van der Waals surface area contributed by atoms with Crippen LogP contribution in [0.5, 0.6) is 0 Å². The average Bonchev–Trinajstić information content (AvgIpc) is 2.87. The van der Waals surface area contributed by atoms with E-state index in [1.54, 1.807) is 19.1 Å². The Hall–Kier alpha value is -1.39. The lowest BCUT2D eigenvalue weighted by Gasteiger charge is -2.36. The minimum Gasteiger partial charge on any atom is -0.435 e. The van der Waals surface area contributed by atoms with Crippen molar-refractivity contribution in [2.24, 2.45) is 5.92 Å². The molecule has 1 aromatic rings. The van der Waals surface area contributed by atoms with Crippen molar-refractivity contribution in [3.8, 4) is 0 Å². The van der Waals surface area contributed by atoms with Crippen LogP contribution in [0.2, 0.25) is 10.0 Å². The normalized spacial score (nSPS) is 25.8. The first kappa shape index (κ1) is 14.5. The number of benzene rings is 1. The minimum atomic E-state index is -0.669. The molecule has 1 aliphatic carbocycles. The van der Waals surface area contributed by atoms with Crippen LogP contribution in [0.1, 0.15) is 24.8 Å². The van der Waals surface area contributed by atoms with Gasteiger partial charge in [0.05, 0.1) is 6.61 Å². The number of hydrogen-bond donors (Lipinski definition) is 1. The third kappa shape index (κ3) is 2.70. The van der Waals surface area contributed by atoms with Crippen molar-refractivity contribution >= 4 is 35.0 Å². The van der Waals surface area contributed by atoms with Crippen molar-refractivity contribution in [2.75, 3.05) is 11.9 Å². The molecule has 112 valence electrons. The molecule has 1 aliphatic heterocycles. The van der Waals surface area contributed by atoms with Crippen LogP contribution in [0.4, 0.5) is 10.5 Å². The van der Waals surface area contributed by atoms with E-state index in [0.29, 0.717) is 10.0 Å². The molecule has 1 heterocycles. The number of carbonyl (C=O) groups is 1. The van der Waals surface area contributed by atoms with Crippen molar-refractivity contribution in [2.45, 2.75) is 25.5 Å². The van der Waals surface area contributed by atoms with E-state index in [2.05, 4.69) is 17.5 Å². The summed E-state index contributed by atoms with van der Waals surface area (Å²) in [5.74, 6) is 0.228. The summed E-state index contributed by atoms with van der Waals surface area (Å²) in [6.45, 7) is 2.02. The summed E-state index contributed by atoms with van der Waals surface area (Å²) in [5, 5.41) is 4.38. The van der Waals surface area contributed by atoms with E-state index in [0.717, 1.165) is 17.7 Å². The van der Waals surface area contributed by atoms with Gasteiger partial charge in [-0.3, -0.25) is 0 Å². The SMILES string of the molecule is CCOC(=O)OC1Nc2cc(Cl)cc(Cl)c2C2C=CCC12. The molecule has 1 N–H and O–H groups in total. The van der Waals surface area contributed by atoms with Gasteiger partial charge in [-0.15, -0.1) is 0 Å². The van der Waals surface area contributed by atoms with Gasteiger partial charge in [-0.05, 0) is 25.5 Å². The van der Waals surface area contributed by atoms with Gasteiger partial charge in [0, 0.05) is 33.1 Å². The summed E-state index contributed by atoms with van der Waals surface area (Å²) >= 11 is 12.4. The average molecular weight is 328 g/mol. The lowest BCUT2D eigenvalue weighted by atomic mass is 9.83. The first-order chi connectivity index (χ1) is 10.1. The zero-order valence-corrected chi connectivity index (χ0v) is 12.9. The van der Waals surface area contributed by atoms with E-state index >= 15 is 0 Å². The number of allylic oxidation sites excluding steroid dienone is 2. The second kappa shape index (κ2) is 5.78. The van der Waals surface area contributed by atoms with Crippen LogP contribution >= 0.6 is 23.2 Å². The molecule has 0 spiro atoms. The van der Waals surface area contributed by atoms with Gasteiger partial charge in [0.25, 0.3) is 0 Å². The maximum absolute atomic E-state index is 11.6. The molecular formula is C15H15Cl2NO3. The molecule has 3 atom stereocenters. The fourth-order valence-electron chi connectivity index (χ4n) is 2.97. The molecule has 0 aromatic heterocycles.